The van der Waals surface area contributed by atoms with Gasteiger partial charge in [0.2, 0.25) is 17.5 Å². The zero-order valence-corrected chi connectivity index (χ0v) is 27.6. The van der Waals surface area contributed by atoms with E-state index < -0.39 is 129 Å². The largest absolute Gasteiger partial charge is 0.508 e. The smallest absolute Gasteiger partial charge is 0.357 e. The second-order valence-electron chi connectivity index (χ2n) is 12.8. The number of benzene rings is 4. The molecule has 0 radical (unpaired) electrons. The molecule has 0 amide bonds. The lowest BCUT2D eigenvalue weighted by Gasteiger charge is -2.50. The number of carbonyl (C=O) groups is 1. The predicted molar refractivity (Wildman–Crippen MR) is 178 cm³/mol. The number of hydrogen-bond acceptors (Lipinski definition) is 19. The Bertz CT molecular complexity index is 2480. The van der Waals surface area contributed by atoms with Gasteiger partial charge in [-0.15, -0.1) is 0 Å². The number of ketones is 1. The molecule has 4 heterocycles. The molecule has 4 aromatic carbocycles. The van der Waals surface area contributed by atoms with Crippen LogP contribution in [0.2, 0.25) is 0 Å². The van der Waals surface area contributed by atoms with Gasteiger partial charge in [0.05, 0.1) is 6.61 Å². The van der Waals surface area contributed by atoms with Gasteiger partial charge in [-0.2, -0.15) is 0 Å². The Morgan fingerprint density at radius 1 is 0.709 bits per heavy atom. The second-order valence-corrected chi connectivity index (χ2v) is 12.8. The molecule has 19 heteroatoms. The molecule has 8 rings (SSSR count). The molecule has 55 heavy (non-hydrogen) atoms. The van der Waals surface area contributed by atoms with Gasteiger partial charge in [-0.05, 0) is 36.4 Å². The van der Waals surface area contributed by atoms with Crippen LogP contribution in [0.3, 0.4) is 0 Å². The number of fused-ring (bicyclic) bond motifs is 4. The lowest BCUT2D eigenvalue weighted by atomic mass is 9.85. The number of hydrogen-bond donors (Lipinski definition) is 11. The average Bonchev–Trinajstić information content (AvgIpc) is 3.13. The highest BCUT2D eigenvalue weighted by molar-refractivity contribution is 6.08. The van der Waals surface area contributed by atoms with E-state index >= 15 is 0 Å². The third kappa shape index (κ3) is 5.21. The van der Waals surface area contributed by atoms with Crippen molar-refractivity contribution in [2.75, 3.05) is 6.61 Å². The topological polar surface area (TPSA) is 316 Å². The number of rotatable bonds is 5. The predicted octanol–water partition coefficient (Wildman–Crippen LogP) is 0.460. The molecule has 11 N–H and O–H groups in total. The molecule has 5 aromatic rings. The Kier molecular flexibility index (Phi) is 7.93. The summed E-state index contributed by atoms with van der Waals surface area (Å²) in [4.78, 5) is 27.2. The van der Waals surface area contributed by atoms with Gasteiger partial charge < -0.3 is 84.3 Å². The SMILES string of the molecule is O=C1c2c(O)cc(O)cc2OC2(c3ccc(O[C@@H]4O[C@H](CO)[C@@H](O)[C@H](O)[C@H]4O)c(O)c3)Oc3ccc(-c4oc5cc(O)cc(O)c5c(=O)c4O)cc3OC12O. The number of ether oxygens (including phenoxy) is 5. The maximum atomic E-state index is 14.2. The highest BCUT2D eigenvalue weighted by Gasteiger charge is 2.71. The number of carbonyl (C=O) groups excluding carboxylic acids is 1. The van der Waals surface area contributed by atoms with Gasteiger partial charge in [0.1, 0.15) is 69.7 Å². The quantitative estimate of drug-likeness (QED) is 0.116. The second kappa shape index (κ2) is 12.3. The van der Waals surface area contributed by atoms with Gasteiger partial charge in [-0.25, -0.2) is 0 Å². The summed E-state index contributed by atoms with van der Waals surface area (Å²) >= 11 is 0. The monoisotopic (exact) mass is 764 g/mol. The van der Waals surface area contributed by atoms with Crippen LogP contribution < -0.4 is 24.4 Å². The van der Waals surface area contributed by atoms with Gasteiger partial charge in [0, 0.05) is 35.4 Å². The molecular weight excluding hydrogens is 736 g/mol. The molecule has 0 aliphatic carbocycles. The zero-order chi connectivity index (χ0) is 39.3. The molecule has 1 fully saturated rings. The summed E-state index contributed by atoms with van der Waals surface area (Å²) in [5.41, 5.74) is -2.46. The number of aromatic hydroxyl groups is 6. The van der Waals surface area contributed by atoms with E-state index in [1.165, 1.54) is 12.1 Å². The van der Waals surface area contributed by atoms with E-state index in [0.717, 1.165) is 48.5 Å². The van der Waals surface area contributed by atoms with Crippen molar-refractivity contribution in [1.82, 2.24) is 0 Å². The molecular formula is C36H28O19. The van der Waals surface area contributed by atoms with Gasteiger partial charge in [0.15, 0.2) is 28.8 Å². The van der Waals surface area contributed by atoms with Crippen molar-refractivity contribution in [3.05, 3.63) is 82.0 Å². The first-order valence-electron chi connectivity index (χ1n) is 16.1. The van der Waals surface area contributed by atoms with Crippen LogP contribution in [-0.4, -0.2) is 105 Å². The molecule has 2 unspecified atom stereocenters. The highest BCUT2D eigenvalue weighted by Crippen LogP contribution is 2.56. The van der Waals surface area contributed by atoms with Crippen molar-refractivity contribution >= 4 is 16.8 Å². The first-order valence-corrected chi connectivity index (χ1v) is 16.1. The van der Waals surface area contributed by atoms with Crippen molar-refractivity contribution in [2.24, 2.45) is 0 Å². The van der Waals surface area contributed by atoms with Crippen LogP contribution >= 0.6 is 0 Å². The molecule has 19 nitrogen and oxygen atoms in total. The van der Waals surface area contributed by atoms with Crippen LogP contribution in [0.1, 0.15) is 15.9 Å². The lowest BCUT2D eigenvalue weighted by Crippen LogP contribution is -2.70. The Hall–Kier alpha value is -6.48. The van der Waals surface area contributed by atoms with Crippen LogP contribution in [0, 0.1) is 0 Å². The van der Waals surface area contributed by atoms with Crippen molar-refractivity contribution in [1.29, 1.82) is 0 Å². The maximum absolute atomic E-state index is 14.2. The van der Waals surface area contributed by atoms with Crippen molar-refractivity contribution < 1.29 is 89.1 Å². The minimum atomic E-state index is -3.28. The Labute approximate surface area is 305 Å². The summed E-state index contributed by atoms with van der Waals surface area (Å²) in [5.74, 6) is -13.7. The number of Topliss-reactive ketones (excluding diaryl/α,β-unsaturated/α-hetero) is 1. The lowest BCUT2D eigenvalue weighted by molar-refractivity contribution is -0.316. The summed E-state index contributed by atoms with van der Waals surface area (Å²) in [6.45, 7) is -0.762. The summed E-state index contributed by atoms with van der Waals surface area (Å²) < 4.78 is 34.7. The van der Waals surface area contributed by atoms with Crippen molar-refractivity contribution in [3.8, 4) is 68.8 Å². The molecule has 0 bridgehead atoms. The van der Waals surface area contributed by atoms with E-state index in [9.17, 15) is 65.8 Å². The minimum absolute atomic E-state index is 0.0949. The maximum Gasteiger partial charge on any atom is 0.357 e. The summed E-state index contributed by atoms with van der Waals surface area (Å²) in [5, 5.41) is 115. The fourth-order valence-electron chi connectivity index (χ4n) is 6.67. The number of aliphatic hydroxyl groups excluding tert-OH is 4. The first kappa shape index (κ1) is 35.5. The highest BCUT2D eigenvalue weighted by atomic mass is 16.8. The summed E-state index contributed by atoms with van der Waals surface area (Å²) in [7, 11) is 0. The van der Waals surface area contributed by atoms with E-state index in [0.29, 0.717) is 0 Å². The number of aliphatic hydroxyl groups is 5. The van der Waals surface area contributed by atoms with Crippen molar-refractivity contribution in [2.45, 2.75) is 42.3 Å². The average molecular weight is 765 g/mol. The van der Waals surface area contributed by atoms with E-state index in [2.05, 4.69) is 0 Å². The molecule has 1 aromatic heterocycles. The standard InChI is InChI=1S/C36H28O19/c37-11-24-27(43)29(45)31(47)34(52-24)51-19-4-2-13(6-16(19)40)36-35(49,33(48)26-18(42)8-15(39)10-23(26)55-36)53-21-5-12(1-3-20(21)54-36)32-30(46)28(44)25-17(41)7-14(38)9-22(25)50-32/h1-10,24,27,29,31,34,37-43,45-47,49H,11H2/t24-,27-,29+,31-,34-,35?,36?/m1/s1. The molecule has 0 saturated carbocycles. The third-order valence-electron chi connectivity index (χ3n) is 9.38. The molecule has 7 atom stereocenters. The van der Waals surface area contributed by atoms with Gasteiger partial charge in [0.25, 0.3) is 5.78 Å². The Balaban J connectivity index is 1.23. The molecule has 0 spiro atoms. The van der Waals surface area contributed by atoms with Crippen LogP contribution in [0.25, 0.3) is 22.3 Å². The molecule has 1 saturated heterocycles. The Morgan fingerprint density at radius 3 is 2.15 bits per heavy atom. The number of phenolic OH excluding ortho intramolecular Hbond substituents is 5. The van der Waals surface area contributed by atoms with E-state index in [-0.39, 0.29) is 22.5 Å². The van der Waals surface area contributed by atoms with E-state index in [4.69, 9.17) is 28.1 Å². The zero-order valence-electron chi connectivity index (χ0n) is 27.6. The van der Waals surface area contributed by atoms with Gasteiger partial charge in [-0.1, -0.05) is 0 Å². The molecule has 286 valence electrons. The minimum Gasteiger partial charge on any atom is -0.508 e. The first-order chi connectivity index (χ1) is 26.1. The van der Waals surface area contributed by atoms with E-state index in [1.54, 1.807) is 0 Å². The molecule has 3 aliphatic rings. The number of phenols is 5. The van der Waals surface area contributed by atoms with Crippen LogP contribution in [-0.2, 0) is 10.5 Å². The van der Waals surface area contributed by atoms with Gasteiger partial charge in [-0.3, -0.25) is 9.59 Å². The van der Waals surface area contributed by atoms with Crippen LogP contribution in [0.15, 0.2) is 69.9 Å². The normalized spacial score (nSPS) is 26.9. The Morgan fingerprint density at radius 2 is 1.42 bits per heavy atom. The van der Waals surface area contributed by atoms with Crippen LogP contribution in [0.5, 0.6) is 57.5 Å². The summed E-state index contributed by atoms with van der Waals surface area (Å²) in [6.07, 6.45) is -8.41. The van der Waals surface area contributed by atoms with Crippen molar-refractivity contribution in [3.63, 3.8) is 0 Å². The van der Waals surface area contributed by atoms with Crippen LogP contribution in [0.4, 0.5) is 0 Å². The molecule has 3 aliphatic heterocycles. The fourth-order valence-corrected chi connectivity index (χ4v) is 6.67. The third-order valence-corrected chi connectivity index (χ3v) is 9.38. The fraction of sp³-hybridized carbons (Fsp3) is 0.222. The summed E-state index contributed by atoms with van der Waals surface area (Å²) in [6, 6.07) is 10.3. The van der Waals surface area contributed by atoms with E-state index in [1.807, 2.05) is 0 Å². The van der Waals surface area contributed by atoms with Gasteiger partial charge >= 0.3 is 11.6 Å².